The topological polar surface area (TPSA) is 59.3 Å². The van der Waals surface area contributed by atoms with Crippen LogP contribution in [0.5, 0.6) is 0 Å². The average molecular weight is 417 g/mol. The van der Waals surface area contributed by atoms with E-state index in [-0.39, 0.29) is 11.2 Å². The van der Waals surface area contributed by atoms with Gasteiger partial charge in [0.25, 0.3) is 0 Å². The summed E-state index contributed by atoms with van der Waals surface area (Å²) in [5, 5.41) is 15.1. The molecular formula is C21H28N4OS2. The van der Waals surface area contributed by atoms with Crippen LogP contribution in [-0.4, -0.2) is 31.8 Å². The summed E-state index contributed by atoms with van der Waals surface area (Å²) in [6.07, 6.45) is 6.21. The molecule has 3 heterocycles. The lowest BCUT2D eigenvalue weighted by molar-refractivity contribution is -0.121. The Morgan fingerprint density at radius 2 is 2.07 bits per heavy atom. The smallest absolute Gasteiger partial charge is 0.233 e. The molecule has 0 saturated heterocycles. The van der Waals surface area contributed by atoms with E-state index in [1.54, 1.807) is 23.1 Å². The lowest BCUT2D eigenvalue weighted by Crippen LogP contribution is -2.41. The second-order valence-corrected chi connectivity index (χ2v) is 9.93. The number of nitrogens with zero attached hydrogens (tertiary/aromatic N) is 3. The van der Waals surface area contributed by atoms with Crippen molar-refractivity contribution in [2.24, 2.45) is 5.92 Å². The van der Waals surface area contributed by atoms with Crippen LogP contribution in [0.2, 0.25) is 0 Å². The molecule has 0 spiro atoms. The van der Waals surface area contributed by atoms with Gasteiger partial charge in [-0.3, -0.25) is 9.20 Å². The van der Waals surface area contributed by atoms with Gasteiger partial charge >= 0.3 is 0 Å². The van der Waals surface area contributed by atoms with Crippen LogP contribution < -0.4 is 5.32 Å². The maximum atomic E-state index is 12.9. The van der Waals surface area contributed by atoms with E-state index in [1.807, 2.05) is 0 Å². The third-order valence-electron chi connectivity index (χ3n) is 5.75. The molecule has 1 N–H and O–H groups in total. The zero-order valence-corrected chi connectivity index (χ0v) is 18.4. The van der Waals surface area contributed by atoms with E-state index < -0.39 is 0 Å². The number of nitrogens with one attached hydrogen (secondary N) is 1. The molecule has 1 fully saturated rings. The quantitative estimate of drug-likeness (QED) is 0.570. The van der Waals surface area contributed by atoms with Gasteiger partial charge in [0.1, 0.15) is 10.9 Å². The van der Waals surface area contributed by atoms with Crippen molar-refractivity contribution in [2.75, 3.05) is 0 Å². The Balaban J connectivity index is 1.56. The van der Waals surface area contributed by atoms with Gasteiger partial charge in [-0.15, -0.1) is 21.5 Å². The standard InChI is InChI=1S/C21H28N4OS2/c1-4-17(20(26)22-14-8-6-13(3)7-9-14)28-21-16-12-18-15(10-11-27-18)25(16)19(5-2)23-24-21/h10-14,17H,4-9H2,1-3H3,(H,22,26). The highest BCUT2D eigenvalue weighted by Gasteiger charge is 2.26. The second kappa shape index (κ2) is 8.41. The summed E-state index contributed by atoms with van der Waals surface area (Å²) in [6.45, 7) is 6.47. The molecule has 1 aliphatic rings. The van der Waals surface area contributed by atoms with Crippen LogP contribution in [0.15, 0.2) is 22.5 Å². The number of amides is 1. The van der Waals surface area contributed by atoms with E-state index in [4.69, 9.17) is 0 Å². The van der Waals surface area contributed by atoms with Gasteiger partial charge in [-0.05, 0) is 55.5 Å². The molecule has 0 aromatic carbocycles. The molecular weight excluding hydrogens is 388 g/mol. The van der Waals surface area contributed by atoms with Gasteiger partial charge in [0, 0.05) is 12.5 Å². The van der Waals surface area contributed by atoms with Crippen LogP contribution in [0.3, 0.4) is 0 Å². The van der Waals surface area contributed by atoms with Gasteiger partial charge in [0.15, 0.2) is 0 Å². The Morgan fingerprint density at radius 1 is 1.29 bits per heavy atom. The van der Waals surface area contributed by atoms with Crippen molar-refractivity contribution in [1.29, 1.82) is 0 Å². The van der Waals surface area contributed by atoms with Crippen molar-refractivity contribution in [3.8, 4) is 0 Å². The van der Waals surface area contributed by atoms with Crippen molar-refractivity contribution >= 4 is 44.7 Å². The molecule has 1 amide bonds. The first kappa shape index (κ1) is 19.7. The lowest BCUT2D eigenvalue weighted by Gasteiger charge is -2.28. The van der Waals surface area contributed by atoms with Crippen LogP contribution in [0.25, 0.3) is 15.7 Å². The number of rotatable bonds is 6. The number of hydrogen-bond donors (Lipinski definition) is 1. The van der Waals surface area contributed by atoms with Crippen molar-refractivity contribution in [1.82, 2.24) is 19.9 Å². The summed E-state index contributed by atoms with van der Waals surface area (Å²) < 4.78 is 3.44. The largest absolute Gasteiger partial charge is 0.352 e. The van der Waals surface area contributed by atoms with Crippen molar-refractivity contribution in [2.45, 2.75) is 75.6 Å². The molecule has 1 saturated carbocycles. The van der Waals surface area contributed by atoms with E-state index >= 15 is 0 Å². The first-order valence-electron chi connectivity index (χ1n) is 10.3. The summed E-state index contributed by atoms with van der Waals surface area (Å²) >= 11 is 3.28. The second-order valence-electron chi connectivity index (χ2n) is 7.79. The van der Waals surface area contributed by atoms with Crippen LogP contribution in [0, 0.1) is 5.92 Å². The molecule has 0 bridgehead atoms. The Bertz CT molecular complexity index is 972. The average Bonchev–Trinajstić information content (AvgIpc) is 3.29. The summed E-state index contributed by atoms with van der Waals surface area (Å²) in [5.41, 5.74) is 2.25. The Labute approximate surface area is 174 Å². The normalized spacial score (nSPS) is 21.2. The van der Waals surface area contributed by atoms with Crippen LogP contribution in [0.4, 0.5) is 0 Å². The molecule has 0 radical (unpaired) electrons. The molecule has 1 aliphatic carbocycles. The number of fused-ring (bicyclic) bond motifs is 3. The van der Waals surface area contributed by atoms with Crippen molar-refractivity contribution in [3.63, 3.8) is 0 Å². The molecule has 5 nitrogen and oxygen atoms in total. The number of aromatic nitrogens is 3. The fourth-order valence-corrected chi connectivity index (χ4v) is 5.80. The van der Waals surface area contributed by atoms with Crippen molar-refractivity contribution < 1.29 is 4.79 Å². The molecule has 7 heteroatoms. The van der Waals surface area contributed by atoms with Gasteiger partial charge in [-0.25, -0.2) is 0 Å². The van der Waals surface area contributed by atoms with Gasteiger partial charge in [0.05, 0.1) is 21.0 Å². The van der Waals surface area contributed by atoms with Crippen molar-refractivity contribution in [3.05, 3.63) is 23.3 Å². The summed E-state index contributed by atoms with van der Waals surface area (Å²) in [7, 11) is 0. The number of carbonyl (C=O) groups excluding carboxylic acids is 1. The zero-order chi connectivity index (χ0) is 19.7. The number of thioether (sulfide) groups is 1. The monoisotopic (exact) mass is 416 g/mol. The van der Waals surface area contributed by atoms with E-state index in [0.29, 0.717) is 6.04 Å². The number of thiophene rings is 1. The van der Waals surface area contributed by atoms with Crippen LogP contribution >= 0.6 is 23.1 Å². The third-order valence-corrected chi connectivity index (χ3v) is 7.95. The molecule has 150 valence electrons. The Morgan fingerprint density at radius 3 is 2.79 bits per heavy atom. The lowest BCUT2D eigenvalue weighted by atomic mass is 9.87. The predicted octanol–water partition coefficient (Wildman–Crippen LogP) is 5.07. The zero-order valence-electron chi connectivity index (χ0n) is 16.8. The summed E-state index contributed by atoms with van der Waals surface area (Å²) in [5.74, 6) is 1.88. The van der Waals surface area contributed by atoms with Crippen LogP contribution in [0.1, 0.15) is 58.7 Å². The van der Waals surface area contributed by atoms with E-state index in [9.17, 15) is 4.79 Å². The molecule has 1 unspecified atom stereocenters. The highest BCUT2D eigenvalue weighted by Crippen LogP contribution is 2.34. The summed E-state index contributed by atoms with van der Waals surface area (Å²) in [4.78, 5) is 12.9. The minimum absolute atomic E-state index is 0.139. The van der Waals surface area contributed by atoms with Crippen LogP contribution in [-0.2, 0) is 11.2 Å². The molecule has 1 atom stereocenters. The maximum Gasteiger partial charge on any atom is 0.233 e. The number of aryl methyl sites for hydroxylation is 1. The molecule has 28 heavy (non-hydrogen) atoms. The molecule has 0 aliphatic heterocycles. The highest BCUT2D eigenvalue weighted by molar-refractivity contribution is 8.00. The minimum Gasteiger partial charge on any atom is -0.352 e. The first-order chi connectivity index (χ1) is 13.6. The molecule has 4 rings (SSSR count). The van der Waals surface area contributed by atoms with E-state index in [2.05, 4.69) is 58.2 Å². The van der Waals surface area contributed by atoms with E-state index in [1.165, 1.54) is 23.1 Å². The molecule has 3 aromatic heterocycles. The maximum absolute atomic E-state index is 12.9. The SMILES string of the molecule is CCc1nnc(SC(CC)C(=O)NC2CCC(C)CC2)c2cc3sccc3n12. The number of hydrogen-bond acceptors (Lipinski definition) is 5. The summed E-state index contributed by atoms with van der Waals surface area (Å²) in [6, 6.07) is 4.64. The first-order valence-corrected chi connectivity index (χ1v) is 12.1. The van der Waals surface area contributed by atoms with Gasteiger partial charge < -0.3 is 5.32 Å². The fourth-order valence-electron chi connectivity index (χ4n) is 4.03. The third kappa shape index (κ3) is 3.79. The van der Waals surface area contributed by atoms with E-state index in [0.717, 1.165) is 48.0 Å². The molecule has 3 aromatic rings. The Hall–Kier alpha value is -1.60. The predicted molar refractivity (Wildman–Crippen MR) is 117 cm³/mol. The fraction of sp³-hybridized carbons (Fsp3) is 0.571. The van der Waals surface area contributed by atoms with Gasteiger partial charge in [-0.2, -0.15) is 0 Å². The number of carbonyl (C=O) groups is 1. The highest BCUT2D eigenvalue weighted by atomic mass is 32.2. The van der Waals surface area contributed by atoms with Gasteiger partial charge in [-0.1, -0.05) is 32.5 Å². The minimum atomic E-state index is -0.141. The van der Waals surface area contributed by atoms with Gasteiger partial charge in [0.2, 0.25) is 5.91 Å². The Kier molecular flexibility index (Phi) is 5.92.